The third-order valence-electron chi connectivity index (χ3n) is 4.74. The molecule has 160 valence electrons. The van der Waals surface area contributed by atoms with Gasteiger partial charge in [0.1, 0.15) is 0 Å². The van der Waals surface area contributed by atoms with Gasteiger partial charge in [0.15, 0.2) is 0 Å². The second-order valence-corrected chi connectivity index (χ2v) is 10.8. The van der Waals surface area contributed by atoms with Crippen LogP contribution in [0.3, 0.4) is 0 Å². The number of halogens is 1. The maximum Gasteiger partial charge on any atom is 0.311 e. The fourth-order valence-electron chi connectivity index (χ4n) is 3.10. The lowest BCUT2D eigenvalue weighted by Crippen LogP contribution is -2.28. The molecule has 2 N–H and O–H groups in total. The number of rotatable bonds is 11. The average molecular weight is 458 g/mol. The van der Waals surface area contributed by atoms with E-state index in [1.165, 1.54) is 23.5 Å². The zero-order valence-corrected chi connectivity index (χ0v) is 19.3. The van der Waals surface area contributed by atoms with Crippen molar-refractivity contribution in [3.05, 3.63) is 51.2 Å². The van der Waals surface area contributed by atoms with Crippen LogP contribution < -0.4 is 4.72 Å². The van der Waals surface area contributed by atoms with Crippen molar-refractivity contribution in [2.45, 2.75) is 63.3 Å². The molecule has 2 aromatic rings. The first-order valence-electron chi connectivity index (χ1n) is 9.74. The molecule has 0 aliphatic heterocycles. The van der Waals surface area contributed by atoms with E-state index in [1.807, 2.05) is 13.0 Å². The van der Waals surface area contributed by atoms with Gasteiger partial charge in [-0.2, -0.15) is 0 Å². The Morgan fingerprint density at radius 2 is 1.72 bits per heavy atom. The van der Waals surface area contributed by atoms with Crippen molar-refractivity contribution in [3.63, 3.8) is 0 Å². The molecule has 0 saturated carbocycles. The number of hydrogen-bond donors (Lipinski definition) is 2. The largest absolute Gasteiger partial charge is 0.481 e. The molecule has 2 rings (SSSR count). The monoisotopic (exact) mass is 457 g/mol. The molecule has 0 aliphatic rings. The molecule has 0 bridgehead atoms. The van der Waals surface area contributed by atoms with Crippen LogP contribution in [0.5, 0.6) is 0 Å². The van der Waals surface area contributed by atoms with E-state index in [1.54, 1.807) is 18.2 Å². The molecule has 2 unspecified atom stereocenters. The number of aliphatic carboxylic acids is 1. The van der Waals surface area contributed by atoms with Crippen LogP contribution in [0.15, 0.2) is 41.3 Å². The van der Waals surface area contributed by atoms with E-state index < -0.39 is 28.0 Å². The molecule has 0 saturated heterocycles. The molecule has 1 heterocycles. The summed E-state index contributed by atoms with van der Waals surface area (Å²) in [4.78, 5) is 13.2. The van der Waals surface area contributed by atoms with Gasteiger partial charge in [0.2, 0.25) is 10.0 Å². The summed E-state index contributed by atoms with van der Waals surface area (Å²) in [6.07, 6.45) is 3.00. The van der Waals surface area contributed by atoms with Crippen LogP contribution >= 0.6 is 22.9 Å². The quantitative estimate of drug-likeness (QED) is 0.445. The third-order valence-corrected chi connectivity index (χ3v) is 7.79. The predicted molar refractivity (Wildman–Crippen MR) is 118 cm³/mol. The Hall–Kier alpha value is -1.41. The number of thiophene rings is 1. The predicted octanol–water partition coefficient (Wildman–Crippen LogP) is 5.83. The minimum atomic E-state index is -3.73. The summed E-state index contributed by atoms with van der Waals surface area (Å²) >= 11 is 7.24. The number of benzene rings is 1. The van der Waals surface area contributed by atoms with Gasteiger partial charge in [-0.15, -0.1) is 11.3 Å². The molecule has 8 heteroatoms. The molecular weight excluding hydrogens is 430 g/mol. The van der Waals surface area contributed by atoms with Gasteiger partial charge in [0.05, 0.1) is 16.9 Å². The summed E-state index contributed by atoms with van der Waals surface area (Å²) in [6, 6.07) is 9.29. The fraction of sp³-hybridized carbons (Fsp3) is 0.476. The van der Waals surface area contributed by atoms with Crippen molar-refractivity contribution in [3.8, 4) is 0 Å². The highest BCUT2D eigenvalue weighted by Crippen LogP contribution is 2.34. The number of sulfonamides is 1. The zero-order chi connectivity index (χ0) is 21.6. The molecule has 0 aliphatic carbocycles. The van der Waals surface area contributed by atoms with Gasteiger partial charge in [0, 0.05) is 14.8 Å². The lowest BCUT2D eigenvalue weighted by Gasteiger charge is -2.18. The molecule has 1 aromatic heterocycles. The Balaban J connectivity index is 2.28. The Kier molecular flexibility index (Phi) is 8.70. The van der Waals surface area contributed by atoms with Gasteiger partial charge in [0.25, 0.3) is 0 Å². The third kappa shape index (κ3) is 6.81. The molecule has 2 atom stereocenters. The highest BCUT2D eigenvalue weighted by atomic mass is 35.5. The highest BCUT2D eigenvalue weighted by Gasteiger charge is 2.25. The van der Waals surface area contributed by atoms with E-state index in [0.717, 1.165) is 22.6 Å². The number of nitrogens with one attached hydrogen (secondary N) is 1. The SMILES string of the molecule is CCC(C(=O)O)c1ccc(C(CCCC(C)C)NS(=O)(=O)c2ccc(Cl)cc2)s1. The first-order valence-corrected chi connectivity index (χ1v) is 12.4. The molecule has 0 fully saturated rings. The van der Waals surface area contributed by atoms with E-state index in [4.69, 9.17) is 11.6 Å². The van der Waals surface area contributed by atoms with Crippen molar-refractivity contribution < 1.29 is 18.3 Å². The summed E-state index contributed by atoms with van der Waals surface area (Å²) in [5.74, 6) is -0.907. The number of hydrogen-bond acceptors (Lipinski definition) is 4. The van der Waals surface area contributed by atoms with Crippen LogP contribution in [-0.2, 0) is 14.8 Å². The van der Waals surface area contributed by atoms with Crippen molar-refractivity contribution in [1.82, 2.24) is 4.72 Å². The molecule has 29 heavy (non-hydrogen) atoms. The highest BCUT2D eigenvalue weighted by molar-refractivity contribution is 7.89. The van der Waals surface area contributed by atoms with Crippen LogP contribution in [0.2, 0.25) is 5.02 Å². The summed E-state index contributed by atoms with van der Waals surface area (Å²) in [5.41, 5.74) is 0. The van der Waals surface area contributed by atoms with E-state index in [2.05, 4.69) is 18.6 Å². The molecule has 0 spiro atoms. The first-order chi connectivity index (χ1) is 13.6. The summed E-state index contributed by atoms with van der Waals surface area (Å²) in [7, 11) is -3.73. The van der Waals surface area contributed by atoms with Crippen LogP contribution in [0.4, 0.5) is 0 Å². The van der Waals surface area contributed by atoms with Gasteiger partial charge in [-0.3, -0.25) is 4.79 Å². The lowest BCUT2D eigenvalue weighted by atomic mass is 10.0. The van der Waals surface area contributed by atoms with Crippen molar-refractivity contribution in [2.75, 3.05) is 0 Å². The smallest absolute Gasteiger partial charge is 0.311 e. The van der Waals surface area contributed by atoms with Gasteiger partial charge in [-0.25, -0.2) is 13.1 Å². The van der Waals surface area contributed by atoms with Gasteiger partial charge in [-0.1, -0.05) is 45.2 Å². The molecule has 0 radical (unpaired) electrons. The Morgan fingerprint density at radius 3 is 2.28 bits per heavy atom. The summed E-state index contributed by atoms with van der Waals surface area (Å²) < 4.78 is 28.6. The van der Waals surface area contributed by atoms with Crippen LogP contribution in [0, 0.1) is 5.92 Å². The van der Waals surface area contributed by atoms with E-state index >= 15 is 0 Å². The van der Waals surface area contributed by atoms with Crippen LogP contribution in [0.25, 0.3) is 0 Å². The number of carbonyl (C=O) groups is 1. The second kappa shape index (κ2) is 10.6. The molecular formula is C21H28ClNO4S2. The minimum Gasteiger partial charge on any atom is -0.481 e. The van der Waals surface area contributed by atoms with Crippen molar-refractivity contribution >= 4 is 38.9 Å². The second-order valence-electron chi connectivity index (χ2n) is 7.49. The standard InChI is InChI=1S/C21H28ClNO4S2/c1-4-17(21(24)25)19-12-13-20(28-19)18(7-5-6-14(2)3)23-29(26,27)16-10-8-15(22)9-11-16/h8-14,17-18,23H,4-7H2,1-3H3,(H,24,25). The Morgan fingerprint density at radius 1 is 1.10 bits per heavy atom. The number of carboxylic acids is 1. The fourth-order valence-corrected chi connectivity index (χ4v) is 5.82. The zero-order valence-electron chi connectivity index (χ0n) is 16.9. The van der Waals surface area contributed by atoms with E-state index in [0.29, 0.717) is 23.8 Å². The first kappa shape index (κ1) is 23.9. The number of carboxylic acid groups (broad SMARTS) is 1. The van der Waals surface area contributed by atoms with Gasteiger partial charge >= 0.3 is 5.97 Å². The average Bonchev–Trinajstić information content (AvgIpc) is 3.10. The Labute approximate surface area is 182 Å². The van der Waals surface area contributed by atoms with Crippen LogP contribution in [-0.4, -0.2) is 19.5 Å². The van der Waals surface area contributed by atoms with Crippen molar-refractivity contribution in [1.29, 1.82) is 0 Å². The summed E-state index contributed by atoms with van der Waals surface area (Å²) in [6.45, 7) is 6.10. The normalized spacial score (nSPS) is 14.1. The van der Waals surface area contributed by atoms with Crippen molar-refractivity contribution in [2.24, 2.45) is 5.92 Å². The van der Waals surface area contributed by atoms with Gasteiger partial charge in [-0.05, 0) is 55.2 Å². The topological polar surface area (TPSA) is 83.5 Å². The maximum absolute atomic E-state index is 12.9. The Bertz CT molecular complexity index is 907. The molecule has 0 amide bonds. The van der Waals surface area contributed by atoms with E-state index in [-0.39, 0.29) is 4.90 Å². The van der Waals surface area contributed by atoms with Crippen LogP contribution in [0.1, 0.15) is 68.2 Å². The molecule has 1 aromatic carbocycles. The minimum absolute atomic E-state index is 0.157. The van der Waals surface area contributed by atoms with E-state index in [9.17, 15) is 18.3 Å². The lowest BCUT2D eigenvalue weighted by molar-refractivity contribution is -0.138. The maximum atomic E-state index is 12.9. The van der Waals surface area contributed by atoms with Gasteiger partial charge < -0.3 is 5.11 Å². The molecule has 5 nitrogen and oxygen atoms in total. The summed E-state index contributed by atoms with van der Waals surface area (Å²) in [5, 5.41) is 9.89.